The molecule has 0 aromatic heterocycles. The minimum atomic E-state index is -0.383. The van der Waals surface area contributed by atoms with Crippen molar-refractivity contribution < 1.29 is 14.5 Å². The Bertz CT molecular complexity index is 550. The van der Waals surface area contributed by atoms with E-state index >= 15 is 0 Å². The summed E-state index contributed by atoms with van der Waals surface area (Å²) in [5, 5.41) is 10.7. The number of nitrogens with zero attached hydrogens (tertiary/aromatic N) is 2. The molecule has 0 saturated heterocycles. The molecule has 1 aromatic carbocycles. The van der Waals surface area contributed by atoms with Crippen molar-refractivity contribution in [3.63, 3.8) is 0 Å². The molecular weight excluding hydrogens is 296 g/mol. The highest BCUT2D eigenvalue weighted by Crippen LogP contribution is 2.32. The van der Waals surface area contributed by atoms with Gasteiger partial charge < -0.3 is 4.74 Å². The lowest BCUT2D eigenvalue weighted by atomic mass is 9.85. The van der Waals surface area contributed by atoms with Crippen LogP contribution in [-0.4, -0.2) is 36.0 Å². The van der Waals surface area contributed by atoms with Gasteiger partial charge in [0.2, 0.25) is 0 Å². The summed E-state index contributed by atoms with van der Waals surface area (Å²) in [6.45, 7) is 2.10. The Labute approximate surface area is 136 Å². The Hall–Kier alpha value is -1.95. The Kier molecular flexibility index (Phi) is 5.71. The van der Waals surface area contributed by atoms with Crippen LogP contribution in [0.1, 0.15) is 44.2 Å². The van der Waals surface area contributed by atoms with Crippen molar-refractivity contribution in [2.75, 3.05) is 14.2 Å². The highest BCUT2D eigenvalue weighted by Gasteiger charge is 2.30. The maximum absolute atomic E-state index is 11.6. The highest BCUT2D eigenvalue weighted by molar-refractivity contribution is 5.72. The standard InChI is InChI=1S/C17H24N2O4/c1-12(13-4-10-16(11-5-13)19(21)22)18(2)15-8-6-14(7-9-15)17(20)23-3/h4-5,10-12,14-15H,6-9H2,1-3H3. The third kappa shape index (κ3) is 4.07. The average molecular weight is 320 g/mol. The molecule has 0 amide bonds. The zero-order valence-electron chi connectivity index (χ0n) is 13.9. The molecule has 6 nitrogen and oxygen atoms in total. The zero-order chi connectivity index (χ0) is 17.0. The van der Waals surface area contributed by atoms with Crippen LogP contribution in [0.2, 0.25) is 0 Å². The average Bonchev–Trinajstić information content (AvgIpc) is 2.60. The van der Waals surface area contributed by atoms with Crippen molar-refractivity contribution in [3.05, 3.63) is 39.9 Å². The fourth-order valence-electron chi connectivity index (χ4n) is 3.31. The first-order valence-corrected chi connectivity index (χ1v) is 7.98. The number of hydrogen-bond donors (Lipinski definition) is 0. The number of hydrogen-bond acceptors (Lipinski definition) is 5. The summed E-state index contributed by atoms with van der Waals surface area (Å²) in [5.74, 6) is -0.0751. The smallest absolute Gasteiger partial charge is 0.308 e. The summed E-state index contributed by atoms with van der Waals surface area (Å²) < 4.78 is 4.83. The lowest BCUT2D eigenvalue weighted by Gasteiger charge is -2.37. The summed E-state index contributed by atoms with van der Waals surface area (Å²) >= 11 is 0. The van der Waals surface area contributed by atoms with Gasteiger partial charge >= 0.3 is 5.97 Å². The molecule has 0 spiro atoms. The zero-order valence-corrected chi connectivity index (χ0v) is 13.9. The highest BCUT2D eigenvalue weighted by atomic mass is 16.6. The van der Waals surface area contributed by atoms with Gasteiger partial charge in [0.05, 0.1) is 18.0 Å². The number of nitro groups is 1. The molecule has 1 aliphatic carbocycles. The fraction of sp³-hybridized carbons (Fsp3) is 0.588. The van der Waals surface area contributed by atoms with Gasteiger partial charge in [-0.25, -0.2) is 0 Å². The van der Waals surface area contributed by atoms with Crippen molar-refractivity contribution in [3.8, 4) is 0 Å². The number of esters is 1. The maximum atomic E-state index is 11.6. The predicted molar refractivity (Wildman–Crippen MR) is 87.0 cm³/mol. The number of rotatable bonds is 5. The maximum Gasteiger partial charge on any atom is 0.308 e. The number of methoxy groups -OCH3 is 1. The number of benzene rings is 1. The van der Waals surface area contributed by atoms with Crippen LogP contribution in [-0.2, 0) is 9.53 Å². The summed E-state index contributed by atoms with van der Waals surface area (Å²) in [5.41, 5.74) is 1.18. The number of ether oxygens (including phenoxy) is 1. The molecule has 0 aliphatic heterocycles. The number of non-ortho nitro benzene ring substituents is 1. The number of carbonyl (C=O) groups excluding carboxylic acids is 1. The molecule has 126 valence electrons. The topological polar surface area (TPSA) is 72.7 Å². The number of carbonyl (C=O) groups is 1. The Morgan fingerprint density at radius 3 is 2.30 bits per heavy atom. The van der Waals surface area contributed by atoms with Gasteiger partial charge in [-0.15, -0.1) is 0 Å². The van der Waals surface area contributed by atoms with Crippen molar-refractivity contribution in [1.82, 2.24) is 4.90 Å². The van der Waals surface area contributed by atoms with Crippen LogP contribution in [0, 0.1) is 16.0 Å². The molecule has 1 saturated carbocycles. The molecule has 0 heterocycles. The fourth-order valence-corrected chi connectivity index (χ4v) is 3.31. The minimum absolute atomic E-state index is 0.0272. The molecule has 1 fully saturated rings. The lowest BCUT2D eigenvalue weighted by molar-refractivity contribution is -0.384. The van der Waals surface area contributed by atoms with Gasteiger partial charge in [0.1, 0.15) is 0 Å². The van der Waals surface area contributed by atoms with Gasteiger partial charge in [-0.3, -0.25) is 19.8 Å². The minimum Gasteiger partial charge on any atom is -0.469 e. The van der Waals surface area contributed by atoms with E-state index in [1.165, 1.54) is 7.11 Å². The van der Waals surface area contributed by atoms with Crippen molar-refractivity contribution in [2.45, 2.75) is 44.7 Å². The Morgan fingerprint density at radius 2 is 1.83 bits per heavy atom. The van der Waals surface area contributed by atoms with Crippen LogP contribution >= 0.6 is 0 Å². The van der Waals surface area contributed by atoms with Crippen LogP contribution in [0.5, 0.6) is 0 Å². The third-order valence-electron chi connectivity index (χ3n) is 5.00. The third-order valence-corrected chi connectivity index (χ3v) is 5.00. The largest absolute Gasteiger partial charge is 0.469 e. The molecular formula is C17H24N2O4. The van der Waals surface area contributed by atoms with Crippen LogP contribution < -0.4 is 0 Å². The molecule has 0 radical (unpaired) electrons. The summed E-state index contributed by atoms with van der Waals surface area (Å²) in [7, 11) is 3.52. The first-order chi connectivity index (χ1) is 10.9. The van der Waals surface area contributed by atoms with E-state index < -0.39 is 0 Å². The first kappa shape index (κ1) is 17.4. The van der Waals surface area contributed by atoms with E-state index in [1.54, 1.807) is 12.1 Å². The summed E-state index contributed by atoms with van der Waals surface area (Å²) in [6, 6.07) is 7.33. The van der Waals surface area contributed by atoms with Gasteiger partial charge in [-0.2, -0.15) is 0 Å². The van der Waals surface area contributed by atoms with Gasteiger partial charge in [0.15, 0.2) is 0 Å². The van der Waals surface area contributed by atoms with E-state index in [0.29, 0.717) is 6.04 Å². The first-order valence-electron chi connectivity index (χ1n) is 7.98. The van der Waals surface area contributed by atoms with Gasteiger partial charge in [0, 0.05) is 24.2 Å². The van der Waals surface area contributed by atoms with E-state index in [2.05, 4.69) is 18.9 Å². The molecule has 1 unspecified atom stereocenters. The number of nitro benzene ring substituents is 1. The van der Waals surface area contributed by atoms with E-state index in [4.69, 9.17) is 4.74 Å². The van der Waals surface area contributed by atoms with Crippen molar-refractivity contribution in [2.24, 2.45) is 5.92 Å². The monoisotopic (exact) mass is 320 g/mol. The summed E-state index contributed by atoms with van der Waals surface area (Å²) in [6.07, 6.45) is 3.64. The second-order valence-corrected chi connectivity index (χ2v) is 6.22. The molecule has 2 rings (SSSR count). The molecule has 1 atom stereocenters. The van der Waals surface area contributed by atoms with E-state index in [9.17, 15) is 14.9 Å². The Morgan fingerprint density at radius 1 is 1.26 bits per heavy atom. The van der Waals surface area contributed by atoms with Crippen molar-refractivity contribution in [1.29, 1.82) is 0 Å². The SMILES string of the molecule is COC(=O)C1CCC(N(C)C(C)c2ccc([N+](=O)[O-])cc2)CC1. The van der Waals surface area contributed by atoms with Gasteiger partial charge in [-0.05, 0) is 45.2 Å². The van der Waals surface area contributed by atoms with Crippen molar-refractivity contribution >= 4 is 11.7 Å². The molecule has 1 aliphatic rings. The molecule has 1 aromatic rings. The second kappa shape index (κ2) is 7.55. The molecule has 23 heavy (non-hydrogen) atoms. The molecule has 0 N–H and O–H groups in total. The van der Waals surface area contributed by atoms with Crippen LogP contribution in [0.15, 0.2) is 24.3 Å². The van der Waals surface area contributed by atoms with Gasteiger partial charge in [-0.1, -0.05) is 12.1 Å². The molecule has 6 heteroatoms. The quantitative estimate of drug-likeness (QED) is 0.473. The van der Waals surface area contributed by atoms with E-state index in [-0.39, 0.29) is 28.5 Å². The second-order valence-electron chi connectivity index (χ2n) is 6.22. The van der Waals surface area contributed by atoms with E-state index in [0.717, 1.165) is 31.2 Å². The Balaban J connectivity index is 1.96. The van der Waals surface area contributed by atoms with Crippen LogP contribution in [0.4, 0.5) is 5.69 Å². The molecule has 0 bridgehead atoms. The van der Waals surface area contributed by atoms with E-state index in [1.807, 2.05) is 12.1 Å². The predicted octanol–water partition coefficient (Wildman–Crippen LogP) is 3.32. The normalized spacial score (nSPS) is 22.6. The lowest BCUT2D eigenvalue weighted by Crippen LogP contribution is -2.38. The van der Waals surface area contributed by atoms with Crippen LogP contribution in [0.25, 0.3) is 0 Å². The van der Waals surface area contributed by atoms with Crippen LogP contribution in [0.3, 0.4) is 0 Å². The summed E-state index contributed by atoms with van der Waals surface area (Å²) in [4.78, 5) is 24.2. The van der Waals surface area contributed by atoms with Gasteiger partial charge in [0.25, 0.3) is 5.69 Å².